The zero-order valence-corrected chi connectivity index (χ0v) is 10.4. The molecule has 1 aromatic rings. The van der Waals surface area contributed by atoms with E-state index in [9.17, 15) is 0 Å². The van der Waals surface area contributed by atoms with E-state index in [2.05, 4.69) is 33.9 Å². The summed E-state index contributed by atoms with van der Waals surface area (Å²) >= 11 is 0. The summed E-state index contributed by atoms with van der Waals surface area (Å²) in [5.41, 5.74) is 0. The van der Waals surface area contributed by atoms with Crippen molar-refractivity contribution >= 4 is 0 Å². The number of aromatic nitrogens is 3. The first-order valence-electron chi connectivity index (χ1n) is 6.44. The van der Waals surface area contributed by atoms with Crippen LogP contribution in [0.3, 0.4) is 0 Å². The Morgan fingerprint density at radius 2 is 2.06 bits per heavy atom. The predicted octanol–water partition coefficient (Wildman–Crippen LogP) is 1.85. The van der Waals surface area contributed by atoms with Crippen LogP contribution in [0.5, 0.6) is 0 Å². The summed E-state index contributed by atoms with van der Waals surface area (Å²) in [4.78, 5) is 0. The van der Waals surface area contributed by atoms with E-state index in [1.807, 2.05) is 0 Å². The van der Waals surface area contributed by atoms with Gasteiger partial charge in [0, 0.05) is 19.0 Å². The average molecular weight is 222 g/mol. The smallest absolute Gasteiger partial charge is 0.134 e. The lowest BCUT2D eigenvalue weighted by Gasteiger charge is -2.15. The summed E-state index contributed by atoms with van der Waals surface area (Å²) in [6.07, 6.45) is 6.30. The van der Waals surface area contributed by atoms with Crippen molar-refractivity contribution in [3.05, 3.63) is 11.6 Å². The van der Waals surface area contributed by atoms with Crippen LogP contribution < -0.4 is 5.32 Å². The molecule has 0 spiro atoms. The maximum absolute atomic E-state index is 4.31. The van der Waals surface area contributed by atoms with Crippen LogP contribution in [0.15, 0.2) is 0 Å². The number of rotatable bonds is 5. The number of likely N-dealkylation sites (N-methyl/N-ethyl adjacent to an activating group) is 1. The minimum atomic E-state index is 0.659. The van der Waals surface area contributed by atoms with E-state index < -0.39 is 0 Å². The van der Waals surface area contributed by atoms with Gasteiger partial charge < -0.3 is 9.88 Å². The third-order valence-electron chi connectivity index (χ3n) is 3.40. The van der Waals surface area contributed by atoms with Gasteiger partial charge in [-0.25, -0.2) is 0 Å². The maximum atomic E-state index is 4.31. The molecule has 90 valence electrons. The Bertz CT molecular complexity index is 326. The lowest BCUT2D eigenvalue weighted by molar-refractivity contribution is 0.483. The normalized spacial score (nSPS) is 17.1. The molecule has 0 aliphatic heterocycles. The van der Waals surface area contributed by atoms with Crippen LogP contribution >= 0.6 is 0 Å². The third-order valence-corrected chi connectivity index (χ3v) is 3.40. The Hall–Kier alpha value is -0.900. The number of aryl methyl sites for hydroxylation is 1. The highest BCUT2D eigenvalue weighted by Gasteiger charge is 2.21. The fraction of sp³-hybridized carbons (Fsp3) is 0.833. The van der Waals surface area contributed by atoms with Gasteiger partial charge in [-0.15, -0.1) is 10.2 Å². The molecule has 1 fully saturated rings. The zero-order valence-electron chi connectivity index (χ0n) is 10.4. The van der Waals surface area contributed by atoms with Crippen LogP contribution in [-0.2, 0) is 6.42 Å². The SMILES string of the molecule is CCNCCc1nnc(C)n1C1CCCC1. The monoisotopic (exact) mass is 222 g/mol. The molecule has 0 radical (unpaired) electrons. The van der Waals surface area contributed by atoms with Gasteiger partial charge in [-0.05, 0) is 26.3 Å². The van der Waals surface area contributed by atoms with E-state index in [1.54, 1.807) is 0 Å². The van der Waals surface area contributed by atoms with E-state index in [0.717, 1.165) is 31.2 Å². The molecule has 2 rings (SSSR count). The first-order valence-corrected chi connectivity index (χ1v) is 6.44. The molecular formula is C12H22N4. The van der Waals surface area contributed by atoms with Crippen molar-refractivity contribution in [3.8, 4) is 0 Å². The third kappa shape index (κ3) is 2.43. The fourth-order valence-electron chi connectivity index (χ4n) is 2.60. The first kappa shape index (κ1) is 11.6. The van der Waals surface area contributed by atoms with Gasteiger partial charge in [0.05, 0.1) is 0 Å². The number of nitrogens with one attached hydrogen (secondary N) is 1. The highest BCUT2D eigenvalue weighted by atomic mass is 15.3. The van der Waals surface area contributed by atoms with Gasteiger partial charge >= 0.3 is 0 Å². The largest absolute Gasteiger partial charge is 0.317 e. The molecule has 1 saturated carbocycles. The van der Waals surface area contributed by atoms with Gasteiger partial charge in [-0.3, -0.25) is 0 Å². The van der Waals surface area contributed by atoms with Crippen molar-refractivity contribution in [2.24, 2.45) is 0 Å². The van der Waals surface area contributed by atoms with E-state index in [-0.39, 0.29) is 0 Å². The Morgan fingerprint density at radius 3 is 2.75 bits per heavy atom. The van der Waals surface area contributed by atoms with E-state index >= 15 is 0 Å². The molecule has 0 amide bonds. The molecule has 4 heteroatoms. The Labute approximate surface area is 97.5 Å². The molecule has 1 heterocycles. The van der Waals surface area contributed by atoms with Crippen LogP contribution in [0, 0.1) is 6.92 Å². The standard InChI is InChI=1S/C12H22N4/c1-3-13-9-8-12-15-14-10(2)16(12)11-6-4-5-7-11/h11,13H,3-9H2,1-2H3. The van der Waals surface area contributed by atoms with E-state index in [1.165, 1.54) is 25.7 Å². The molecule has 4 nitrogen and oxygen atoms in total. The quantitative estimate of drug-likeness (QED) is 0.773. The molecule has 1 aliphatic rings. The lowest BCUT2D eigenvalue weighted by Crippen LogP contribution is -2.19. The van der Waals surface area contributed by atoms with Gasteiger partial charge in [0.2, 0.25) is 0 Å². The van der Waals surface area contributed by atoms with Crippen molar-refractivity contribution in [2.45, 2.75) is 52.0 Å². The Balaban J connectivity index is 2.05. The van der Waals surface area contributed by atoms with Gasteiger partial charge in [-0.1, -0.05) is 19.8 Å². The summed E-state index contributed by atoms with van der Waals surface area (Å²) in [5.74, 6) is 2.24. The minimum Gasteiger partial charge on any atom is -0.317 e. The average Bonchev–Trinajstić information content (AvgIpc) is 2.88. The van der Waals surface area contributed by atoms with E-state index in [4.69, 9.17) is 0 Å². The van der Waals surface area contributed by atoms with Gasteiger partial charge in [0.25, 0.3) is 0 Å². The van der Waals surface area contributed by atoms with Gasteiger partial charge in [-0.2, -0.15) is 0 Å². The zero-order chi connectivity index (χ0) is 11.4. The maximum Gasteiger partial charge on any atom is 0.134 e. The second-order valence-corrected chi connectivity index (χ2v) is 4.58. The summed E-state index contributed by atoms with van der Waals surface area (Å²) in [6.45, 7) is 6.23. The Kier molecular flexibility index (Phi) is 3.93. The first-order chi connectivity index (χ1) is 7.83. The summed E-state index contributed by atoms with van der Waals surface area (Å²) in [7, 11) is 0. The van der Waals surface area contributed by atoms with Gasteiger partial charge in [0.15, 0.2) is 0 Å². The molecule has 0 atom stereocenters. The molecule has 1 aliphatic carbocycles. The number of hydrogen-bond acceptors (Lipinski definition) is 3. The molecule has 0 unspecified atom stereocenters. The molecule has 0 aromatic carbocycles. The lowest BCUT2D eigenvalue weighted by atomic mass is 10.2. The van der Waals surface area contributed by atoms with E-state index in [0.29, 0.717) is 6.04 Å². The van der Waals surface area contributed by atoms with Crippen molar-refractivity contribution < 1.29 is 0 Å². The molecule has 1 aromatic heterocycles. The molecule has 0 saturated heterocycles. The van der Waals surface area contributed by atoms with Gasteiger partial charge in [0.1, 0.15) is 11.6 Å². The highest BCUT2D eigenvalue weighted by Crippen LogP contribution is 2.31. The van der Waals surface area contributed by atoms with Crippen molar-refractivity contribution in [1.29, 1.82) is 0 Å². The minimum absolute atomic E-state index is 0.659. The van der Waals surface area contributed by atoms with Crippen molar-refractivity contribution in [2.75, 3.05) is 13.1 Å². The van der Waals surface area contributed by atoms with Crippen LogP contribution in [0.2, 0.25) is 0 Å². The number of nitrogens with zero attached hydrogens (tertiary/aromatic N) is 3. The van der Waals surface area contributed by atoms with Crippen molar-refractivity contribution in [3.63, 3.8) is 0 Å². The number of hydrogen-bond donors (Lipinski definition) is 1. The summed E-state index contributed by atoms with van der Waals surface area (Å²) in [6, 6.07) is 0.659. The van der Waals surface area contributed by atoms with Crippen LogP contribution in [0.4, 0.5) is 0 Å². The molecule has 0 bridgehead atoms. The predicted molar refractivity (Wildman–Crippen MR) is 64.5 cm³/mol. The second-order valence-electron chi connectivity index (χ2n) is 4.58. The van der Waals surface area contributed by atoms with Crippen LogP contribution in [0.1, 0.15) is 50.3 Å². The Morgan fingerprint density at radius 1 is 1.31 bits per heavy atom. The van der Waals surface area contributed by atoms with Crippen LogP contribution in [0.25, 0.3) is 0 Å². The van der Waals surface area contributed by atoms with Crippen molar-refractivity contribution in [1.82, 2.24) is 20.1 Å². The van der Waals surface area contributed by atoms with Crippen LogP contribution in [-0.4, -0.2) is 27.9 Å². The topological polar surface area (TPSA) is 42.7 Å². The second kappa shape index (κ2) is 5.43. The summed E-state index contributed by atoms with van der Waals surface area (Å²) < 4.78 is 2.37. The molecule has 1 N–H and O–H groups in total. The fourth-order valence-corrected chi connectivity index (χ4v) is 2.60. The highest BCUT2D eigenvalue weighted by molar-refractivity contribution is 4.99. The summed E-state index contributed by atoms with van der Waals surface area (Å²) in [5, 5.41) is 11.9. The molecular weight excluding hydrogens is 200 g/mol. The molecule has 16 heavy (non-hydrogen) atoms.